The van der Waals surface area contributed by atoms with E-state index in [-0.39, 0.29) is 12.4 Å². The second-order valence-electron chi connectivity index (χ2n) is 5.14. The van der Waals surface area contributed by atoms with Crippen LogP contribution in [-0.2, 0) is 6.54 Å². The van der Waals surface area contributed by atoms with Crippen molar-refractivity contribution in [1.82, 2.24) is 10.2 Å². The number of halogens is 3. The quantitative estimate of drug-likeness (QED) is 0.866. The second kappa shape index (κ2) is 8.48. The van der Waals surface area contributed by atoms with Crippen molar-refractivity contribution >= 4 is 39.9 Å². The van der Waals surface area contributed by atoms with Crippen LogP contribution in [0.3, 0.4) is 0 Å². The molecule has 0 aromatic heterocycles. The number of hydrogen-bond donors (Lipinski definition) is 1. The fraction of sp³-hybridized carbons (Fsp3) is 0.571. The molecule has 1 heterocycles. The number of nitrogens with one attached hydrogen (secondary N) is 1. The molecule has 0 radical (unpaired) electrons. The van der Waals surface area contributed by atoms with Crippen molar-refractivity contribution < 1.29 is 0 Å². The van der Waals surface area contributed by atoms with Crippen molar-refractivity contribution in [2.45, 2.75) is 19.4 Å². The fourth-order valence-corrected chi connectivity index (χ4v) is 3.26. The third-order valence-corrected chi connectivity index (χ3v) is 4.27. The molecule has 5 heteroatoms. The predicted molar refractivity (Wildman–Crippen MR) is 88.3 cm³/mol. The number of nitrogens with zero attached hydrogens (tertiary/aromatic N) is 1. The largest absolute Gasteiger partial charge is 0.316 e. The van der Waals surface area contributed by atoms with Crippen LogP contribution in [-0.4, -0.2) is 31.6 Å². The van der Waals surface area contributed by atoms with Crippen molar-refractivity contribution in [3.05, 3.63) is 33.3 Å². The number of benzene rings is 1. The molecule has 1 saturated heterocycles. The van der Waals surface area contributed by atoms with Gasteiger partial charge in [0.2, 0.25) is 0 Å². The molecule has 1 atom stereocenters. The average molecular weight is 368 g/mol. The zero-order chi connectivity index (χ0) is 13.0. The molecule has 1 aliphatic rings. The molecule has 0 bridgehead atoms. The molecule has 0 amide bonds. The van der Waals surface area contributed by atoms with E-state index in [1.165, 1.54) is 24.9 Å². The van der Waals surface area contributed by atoms with Crippen LogP contribution in [0.4, 0.5) is 0 Å². The SMILES string of the molecule is CN(Cc1ccc(Br)cc1Cl)CC1CCCNC1.Cl. The topological polar surface area (TPSA) is 15.3 Å². The minimum Gasteiger partial charge on any atom is -0.316 e. The van der Waals surface area contributed by atoms with Gasteiger partial charge in [0.1, 0.15) is 0 Å². The lowest BCUT2D eigenvalue weighted by atomic mass is 9.99. The van der Waals surface area contributed by atoms with E-state index in [9.17, 15) is 0 Å². The summed E-state index contributed by atoms with van der Waals surface area (Å²) in [6.45, 7) is 4.39. The first-order valence-corrected chi connectivity index (χ1v) is 7.65. The Morgan fingerprint density at radius 2 is 2.26 bits per heavy atom. The van der Waals surface area contributed by atoms with Crippen molar-refractivity contribution in [3.8, 4) is 0 Å². The summed E-state index contributed by atoms with van der Waals surface area (Å²) >= 11 is 9.68. The van der Waals surface area contributed by atoms with Crippen LogP contribution >= 0.6 is 39.9 Å². The monoisotopic (exact) mass is 366 g/mol. The summed E-state index contributed by atoms with van der Waals surface area (Å²) in [6.07, 6.45) is 2.64. The Bertz CT molecular complexity index is 395. The summed E-state index contributed by atoms with van der Waals surface area (Å²) in [5, 5.41) is 4.31. The third kappa shape index (κ3) is 5.60. The lowest BCUT2D eigenvalue weighted by molar-refractivity contribution is 0.237. The second-order valence-corrected chi connectivity index (χ2v) is 6.47. The summed E-state index contributed by atoms with van der Waals surface area (Å²) in [5.41, 5.74) is 1.20. The Balaban J connectivity index is 0.00000180. The van der Waals surface area contributed by atoms with E-state index in [2.05, 4.69) is 45.3 Å². The first-order chi connectivity index (χ1) is 8.65. The summed E-state index contributed by atoms with van der Waals surface area (Å²) < 4.78 is 1.04. The molecule has 108 valence electrons. The van der Waals surface area contributed by atoms with Crippen molar-refractivity contribution in [3.63, 3.8) is 0 Å². The highest BCUT2D eigenvalue weighted by Crippen LogP contribution is 2.23. The summed E-state index contributed by atoms with van der Waals surface area (Å²) in [7, 11) is 2.17. The van der Waals surface area contributed by atoms with Gasteiger partial charge in [-0.05, 0) is 56.6 Å². The highest BCUT2D eigenvalue weighted by Gasteiger charge is 2.15. The van der Waals surface area contributed by atoms with Gasteiger partial charge in [-0.3, -0.25) is 0 Å². The van der Waals surface area contributed by atoms with Gasteiger partial charge in [-0.15, -0.1) is 12.4 Å². The van der Waals surface area contributed by atoms with E-state index in [1.54, 1.807) is 0 Å². The lowest BCUT2D eigenvalue weighted by Crippen LogP contribution is -2.36. The van der Waals surface area contributed by atoms with E-state index in [0.717, 1.165) is 35.0 Å². The standard InChI is InChI=1S/C14H20BrClN2.ClH/c1-18(9-11-3-2-6-17-8-11)10-12-4-5-13(15)7-14(12)16;/h4-5,7,11,17H,2-3,6,8-10H2,1H3;1H. The minimum absolute atomic E-state index is 0. The predicted octanol–water partition coefficient (Wildman–Crippen LogP) is 3.96. The molecule has 0 spiro atoms. The summed E-state index contributed by atoms with van der Waals surface area (Å²) in [5.74, 6) is 0.776. The van der Waals surface area contributed by atoms with Gasteiger partial charge < -0.3 is 10.2 Å². The van der Waals surface area contributed by atoms with Gasteiger partial charge in [0, 0.05) is 22.6 Å². The fourth-order valence-electron chi connectivity index (χ4n) is 2.53. The van der Waals surface area contributed by atoms with Crippen molar-refractivity contribution in [2.75, 3.05) is 26.7 Å². The maximum absolute atomic E-state index is 6.25. The minimum atomic E-state index is 0. The maximum atomic E-state index is 6.25. The van der Waals surface area contributed by atoms with Gasteiger partial charge in [-0.2, -0.15) is 0 Å². The van der Waals surface area contributed by atoms with Crippen LogP contribution in [0.1, 0.15) is 18.4 Å². The first kappa shape index (κ1) is 17.3. The van der Waals surface area contributed by atoms with E-state index >= 15 is 0 Å². The zero-order valence-corrected chi connectivity index (χ0v) is 14.3. The van der Waals surface area contributed by atoms with Crippen LogP contribution in [0, 0.1) is 5.92 Å². The van der Waals surface area contributed by atoms with Crippen LogP contribution in [0.2, 0.25) is 5.02 Å². The summed E-state index contributed by atoms with van der Waals surface area (Å²) in [4.78, 5) is 2.37. The van der Waals surface area contributed by atoms with Gasteiger partial charge >= 0.3 is 0 Å². The maximum Gasteiger partial charge on any atom is 0.0462 e. The molecular weight excluding hydrogens is 347 g/mol. The van der Waals surface area contributed by atoms with E-state index in [4.69, 9.17) is 11.6 Å². The third-order valence-electron chi connectivity index (χ3n) is 3.42. The van der Waals surface area contributed by atoms with E-state index in [0.29, 0.717) is 0 Å². The molecule has 1 fully saturated rings. The Kier molecular flexibility index (Phi) is 7.70. The van der Waals surface area contributed by atoms with Crippen LogP contribution in [0.15, 0.2) is 22.7 Å². The molecule has 1 aromatic carbocycles. The van der Waals surface area contributed by atoms with Gasteiger partial charge in [0.25, 0.3) is 0 Å². The number of rotatable bonds is 4. The molecule has 1 N–H and O–H groups in total. The average Bonchev–Trinajstić information content (AvgIpc) is 2.34. The molecule has 1 unspecified atom stereocenters. The van der Waals surface area contributed by atoms with Crippen LogP contribution in [0.25, 0.3) is 0 Å². The summed E-state index contributed by atoms with van der Waals surface area (Å²) in [6, 6.07) is 6.12. The normalized spacial score (nSPS) is 19.3. The van der Waals surface area contributed by atoms with Crippen molar-refractivity contribution in [2.24, 2.45) is 5.92 Å². The molecule has 2 rings (SSSR count). The van der Waals surface area contributed by atoms with Gasteiger partial charge in [0.15, 0.2) is 0 Å². The Morgan fingerprint density at radius 3 is 2.89 bits per heavy atom. The van der Waals surface area contributed by atoms with Crippen LogP contribution in [0.5, 0.6) is 0 Å². The zero-order valence-electron chi connectivity index (χ0n) is 11.2. The highest BCUT2D eigenvalue weighted by molar-refractivity contribution is 9.10. The van der Waals surface area contributed by atoms with Crippen molar-refractivity contribution in [1.29, 1.82) is 0 Å². The molecule has 0 saturated carbocycles. The van der Waals surface area contributed by atoms with Gasteiger partial charge in [0.05, 0.1) is 0 Å². The first-order valence-electron chi connectivity index (χ1n) is 6.48. The van der Waals surface area contributed by atoms with Gasteiger partial charge in [-0.1, -0.05) is 33.6 Å². The number of hydrogen-bond acceptors (Lipinski definition) is 2. The van der Waals surface area contributed by atoms with Gasteiger partial charge in [-0.25, -0.2) is 0 Å². The molecule has 1 aliphatic heterocycles. The van der Waals surface area contributed by atoms with Crippen LogP contribution < -0.4 is 5.32 Å². The molecule has 1 aromatic rings. The molecule has 0 aliphatic carbocycles. The molecule has 2 nitrogen and oxygen atoms in total. The Labute approximate surface area is 135 Å². The Hall–Kier alpha value is 0.200. The van der Waals surface area contributed by atoms with E-state index < -0.39 is 0 Å². The lowest BCUT2D eigenvalue weighted by Gasteiger charge is -2.27. The number of piperidine rings is 1. The molecular formula is C14H21BrCl2N2. The Morgan fingerprint density at radius 1 is 1.47 bits per heavy atom. The molecule has 19 heavy (non-hydrogen) atoms. The smallest absolute Gasteiger partial charge is 0.0462 e. The highest BCUT2D eigenvalue weighted by atomic mass is 79.9. The van der Waals surface area contributed by atoms with E-state index in [1.807, 2.05) is 6.07 Å².